The molecule has 3 heteroatoms. The molecule has 0 aliphatic heterocycles. The summed E-state index contributed by atoms with van der Waals surface area (Å²) >= 11 is 0. The molecule has 1 amide bonds. The van der Waals surface area contributed by atoms with Gasteiger partial charge >= 0.3 is 0 Å². The lowest BCUT2D eigenvalue weighted by molar-refractivity contribution is -0.121. The number of carbonyl (C=O) groups is 1. The monoisotopic (exact) mass is 214 g/mol. The van der Waals surface area contributed by atoms with E-state index in [9.17, 15) is 4.79 Å². The van der Waals surface area contributed by atoms with Gasteiger partial charge < -0.3 is 10.6 Å². The fourth-order valence-electron chi connectivity index (χ4n) is 1.55. The zero-order valence-electron chi connectivity index (χ0n) is 10.6. The molecular weight excluding hydrogens is 188 g/mol. The van der Waals surface area contributed by atoms with E-state index in [2.05, 4.69) is 31.4 Å². The van der Waals surface area contributed by atoms with Gasteiger partial charge in [-0.1, -0.05) is 27.2 Å². The molecule has 0 radical (unpaired) electrons. The van der Waals surface area contributed by atoms with Crippen LogP contribution in [-0.4, -0.2) is 25.0 Å². The Morgan fingerprint density at radius 2 is 1.93 bits per heavy atom. The lowest BCUT2D eigenvalue weighted by atomic mass is 10.0. The van der Waals surface area contributed by atoms with Crippen molar-refractivity contribution in [2.45, 2.75) is 53.0 Å². The van der Waals surface area contributed by atoms with Crippen molar-refractivity contribution < 1.29 is 4.79 Å². The van der Waals surface area contributed by atoms with Crippen LogP contribution < -0.4 is 10.6 Å². The Hall–Kier alpha value is -0.570. The Morgan fingerprint density at radius 3 is 2.47 bits per heavy atom. The van der Waals surface area contributed by atoms with Crippen LogP contribution in [0.1, 0.15) is 47.0 Å². The average molecular weight is 214 g/mol. The maximum Gasteiger partial charge on any atom is 0.221 e. The molecule has 0 bridgehead atoms. The number of hydrogen-bond acceptors (Lipinski definition) is 2. The van der Waals surface area contributed by atoms with E-state index in [0.717, 1.165) is 19.5 Å². The van der Waals surface area contributed by atoms with Gasteiger partial charge in [0, 0.05) is 19.0 Å². The second-order valence-electron chi connectivity index (χ2n) is 4.32. The summed E-state index contributed by atoms with van der Waals surface area (Å²) in [6, 6.07) is 0.300. The van der Waals surface area contributed by atoms with Gasteiger partial charge in [-0.25, -0.2) is 0 Å². The molecule has 90 valence electrons. The first-order chi connectivity index (χ1) is 7.10. The molecule has 3 nitrogen and oxygen atoms in total. The van der Waals surface area contributed by atoms with E-state index in [1.54, 1.807) is 0 Å². The first kappa shape index (κ1) is 14.4. The van der Waals surface area contributed by atoms with Crippen LogP contribution in [0.5, 0.6) is 0 Å². The molecule has 0 fully saturated rings. The van der Waals surface area contributed by atoms with Gasteiger partial charge in [0.25, 0.3) is 0 Å². The predicted octanol–water partition coefficient (Wildman–Crippen LogP) is 1.93. The SMILES string of the molecule is CCNCCC(=O)NC(C)CC(C)CC. The van der Waals surface area contributed by atoms with E-state index in [-0.39, 0.29) is 5.91 Å². The lowest BCUT2D eigenvalue weighted by Gasteiger charge is -2.17. The van der Waals surface area contributed by atoms with Crippen molar-refractivity contribution in [2.24, 2.45) is 5.92 Å². The third-order valence-electron chi connectivity index (χ3n) is 2.64. The Bertz CT molecular complexity index is 171. The molecule has 15 heavy (non-hydrogen) atoms. The summed E-state index contributed by atoms with van der Waals surface area (Å²) in [6.45, 7) is 10.2. The number of carbonyl (C=O) groups excluding carboxylic acids is 1. The second kappa shape index (κ2) is 8.72. The van der Waals surface area contributed by atoms with Crippen LogP contribution in [0, 0.1) is 5.92 Å². The van der Waals surface area contributed by atoms with Crippen molar-refractivity contribution in [2.75, 3.05) is 13.1 Å². The van der Waals surface area contributed by atoms with Gasteiger partial charge in [-0.15, -0.1) is 0 Å². The highest BCUT2D eigenvalue weighted by Gasteiger charge is 2.09. The summed E-state index contributed by atoms with van der Waals surface area (Å²) in [7, 11) is 0. The summed E-state index contributed by atoms with van der Waals surface area (Å²) < 4.78 is 0. The van der Waals surface area contributed by atoms with Crippen molar-refractivity contribution in [1.82, 2.24) is 10.6 Å². The standard InChI is InChI=1S/C12H26N2O/c1-5-10(3)9-11(4)14-12(15)7-8-13-6-2/h10-11,13H,5-9H2,1-4H3,(H,14,15). The van der Waals surface area contributed by atoms with E-state index < -0.39 is 0 Å². The molecular formula is C12H26N2O. The fourth-order valence-corrected chi connectivity index (χ4v) is 1.55. The van der Waals surface area contributed by atoms with Crippen molar-refractivity contribution in [3.05, 3.63) is 0 Å². The van der Waals surface area contributed by atoms with Crippen molar-refractivity contribution in [1.29, 1.82) is 0 Å². The molecule has 2 unspecified atom stereocenters. The second-order valence-corrected chi connectivity index (χ2v) is 4.32. The van der Waals surface area contributed by atoms with Crippen LogP contribution in [0.2, 0.25) is 0 Å². The van der Waals surface area contributed by atoms with E-state index in [1.807, 2.05) is 6.92 Å². The van der Waals surface area contributed by atoms with E-state index >= 15 is 0 Å². The normalized spacial score (nSPS) is 14.7. The number of hydrogen-bond donors (Lipinski definition) is 2. The van der Waals surface area contributed by atoms with Crippen molar-refractivity contribution in [3.63, 3.8) is 0 Å². The van der Waals surface area contributed by atoms with Crippen LogP contribution >= 0.6 is 0 Å². The van der Waals surface area contributed by atoms with Gasteiger partial charge in [0.15, 0.2) is 0 Å². The summed E-state index contributed by atoms with van der Waals surface area (Å²) in [5, 5.41) is 6.17. The molecule has 0 rings (SSSR count). The minimum atomic E-state index is 0.159. The van der Waals surface area contributed by atoms with Crippen LogP contribution in [-0.2, 0) is 4.79 Å². The first-order valence-electron chi connectivity index (χ1n) is 6.10. The van der Waals surface area contributed by atoms with Crippen LogP contribution in [0.25, 0.3) is 0 Å². The largest absolute Gasteiger partial charge is 0.354 e. The van der Waals surface area contributed by atoms with E-state index in [0.29, 0.717) is 18.4 Å². The summed E-state index contributed by atoms with van der Waals surface area (Å²) in [5.74, 6) is 0.848. The Morgan fingerprint density at radius 1 is 1.27 bits per heavy atom. The zero-order valence-corrected chi connectivity index (χ0v) is 10.6. The molecule has 2 N–H and O–H groups in total. The number of nitrogens with one attached hydrogen (secondary N) is 2. The molecule has 0 aromatic carbocycles. The third-order valence-corrected chi connectivity index (χ3v) is 2.64. The Labute approximate surface area is 94.0 Å². The maximum atomic E-state index is 11.4. The highest BCUT2D eigenvalue weighted by molar-refractivity contribution is 5.76. The molecule has 0 saturated heterocycles. The molecule has 0 aliphatic rings. The zero-order chi connectivity index (χ0) is 11.7. The molecule has 0 aromatic rings. The minimum Gasteiger partial charge on any atom is -0.354 e. The van der Waals surface area contributed by atoms with Gasteiger partial charge in [-0.05, 0) is 25.8 Å². The fraction of sp³-hybridized carbons (Fsp3) is 0.917. The van der Waals surface area contributed by atoms with Crippen LogP contribution in [0.3, 0.4) is 0 Å². The van der Waals surface area contributed by atoms with Gasteiger partial charge in [-0.2, -0.15) is 0 Å². The smallest absolute Gasteiger partial charge is 0.221 e. The highest BCUT2D eigenvalue weighted by Crippen LogP contribution is 2.09. The maximum absolute atomic E-state index is 11.4. The summed E-state index contributed by atoms with van der Waals surface area (Å²) in [5.41, 5.74) is 0. The summed E-state index contributed by atoms with van der Waals surface area (Å²) in [6.07, 6.45) is 2.83. The van der Waals surface area contributed by atoms with Crippen molar-refractivity contribution >= 4 is 5.91 Å². The van der Waals surface area contributed by atoms with Gasteiger partial charge in [0.2, 0.25) is 5.91 Å². The predicted molar refractivity (Wildman–Crippen MR) is 64.8 cm³/mol. The first-order valence-corrected chi connectivity index (χ1v) is 6.10. The topological polar surface area (TPSA) is 41.1 Å². The van der Waals surface area contributed by atoms with Crippen molar-refractivity contribution in [3.8, 4) is 0 Å². The summed E-state index contributed by atoms with van der Waals surface area (Å²) in [4.78, 5) is 11.4. The molecule has 0 spiro atoms. The van der Waals surface area contributed by atoms with Crippen LogP contribution in [0.15, 0.2) is 0 Å². The quantitative estimate of drug-likeness (QED) is 0.606. The number of amides is 1. The van der Waals surface area contributed by atoms with Gasteiger partial charge in [0.1, 0.15) is 0 Å². The Balaban J connectivity index is 3.57. The minimum absolute atomic E-state index is 0.159. The van der Waals surface area contributed by atoms with E-state index in [4.69, 9.17) is 0 Å². The Kier molecular flexibility index (Phi) is 8.38. The molecule has 2 atom stereocenters. The molecule has 0 saturated carbocycles. The van der Waals surface area contributed by atoms with Crippen LogP contribution in [0.4, 0.5) is 0 Å². The number of rotatable bonds is 8. The molecule has 0 aliphatic carbocycles. The average Bonchev–Trinajstić information content (AvgIpc) is 2.17. The highest BCUT2D eigenvalue weighted by atomic mass is 16.1. The third kappa shape index (κ3) is 8.43. The molecule has 0 heterocycles. The van der Waals surface area contributed by atoms with Gasteiger partial charge in [-0.3, -0.25) is 4.79 Å². The van der Waals surface area contributed by atoms with Gasteiger partial charge in [0.05, 0.1) is 0 Å². The van der Waals surface area contributed by atoms with E-state index in [1.165, 1.54) is 6.42 Å². The molecule has 0 aromatic heterocycles. The lowest BCUT2D eigenvalue weighted by Crippen LogP contribution is -2.35.